The molecule has 0 aliphatic heterocycles. The number of pyridine rings is 1. The predicted molar refractivity (Wildman–Crippen MR) is 89.7 cm³/mol. The molecule has 0 aromatic carbocycles. The summed E-state index contributed by atoms with van der Waals surface area (Å²) in [5.41, 5.74) is 1.23. The van der Waals surface area contributed by atoms with E-state index in [4.69, 9.17) is 4.74 Å². The highest BCUT2D eigenvalue weighted by atomic mass is 16.5. The summed E-state index contributed by atoms with van der Waals surface area (Å²) in [4.78, 5) is 4.40. The third kappa shape index (κ3) is 8.05. The lowest BCUT2D eigenvalue weighted by molar-refractivity contribution is 0.195. The second-order valence-electron chi connectivity index (χ2n) is 6.85. The Morgan fingerprint density at radius 2 is 2.00 bits per heavy atom. The van der Waals surface area contributed by atoms with E-state index in [1.54, 1.807) is 6.20 Å². The number of ether oxygens (including phenoxy) is 1. The first-order valence-electron chi connectivity index (χ1n) is 8.28. The topological polar surface area (TPSA) is 34.1 Å². The molecule has 1 heterocycles. The quantitative estimate of drug-likeness (QED) is 0.669. The van der Waals surface area contributed by atoms with Gasteiger partial charge in [-0.15, -0.1) is 0 Å². The molecular formula is C18H32N2O. The lowest BCUT2D eigenvalue weighted by atomic mass is 10.1. The normalized spacial score (nSPS) is 13.2. The van der Waals surface area contributed by atoms with E-state index in [2.05, 4.69) is 51.0 Å². The highest BCUT2D eigenvalue weighted by molar-refractivity contribution is 5.25. The Balaban J connectivity index is 2.50. The van der Waals surface area contributed by atoms with Crippen molar-refractivity contribution in [3.8, 4) is 5.88 Å². The van der Waals surface area contributed by atoms with E-state index in [-0.39, 0.29) is 11.6 Å². The molecule has 3 nitrogen and oxygen atoms in total. The molecule has 0 aliphatic carbocycles. The molecule has 120 valence electrons. The average molecular weight is 292 g/mol. The van der Waals surface area contributed by atoms with E-state index >= 15 is 0 Å². The predicted octanol–water partition coefficient (Wildman–Crippen LogP) is 4.71. The zero-order valence-electron chi connectivity index (χ0n) is 14.4. The summed E-state index contributed by atoms with van der Waals surface area (Å²) in [5.74, 6) is 0.775. The minimum atomic E-state index is 0.0961. The first-order valence-corrected chi connectivity index (χ1v) is 8.28. The number of unbranched alkanes of at least 4 members (excludes halogenated alkanes) is 3. The van der Waals surface area contributed by atoms with Crippen LogP contribution in [-0.2, 0) is 6.54 Å². The maximum atomic E-state index is 6.04. The molecule has 1 N–H and O–H groups in total. The highest BCUT2D eigenvalue weighted by Gasteiger charge is 2.13. The van der Waals surface area contributed by atoms with Gasteiger partial charge in [-0.1, -0.05) is 32.3 Å². The van der Waals surface area contributed by atoms with E-state index in [0.29, 0.717) is 0 Å². The molecule has 0 fully saturated rings. The third-order valence-electron chi connectivity index (χ3n) is 3.44. The molecule has 0 saturated carbocycles. The van der Waals surface area contributed by atoms with Crippen molar-refractivity contribution in [1.82, 2.24) is 10.3 Å². The van der Waals surface area contributed by atoms with Gasteiger partial charge in [0.25, 0.3) is 0 Å². The van der Waals surface area contributed by atoms with Crippen molar-refractivity contribution in [3.05, 3.63) is 23.9 Å². The number of hydrogen-bond acceptors (Lipinski definition) is 3. The maximum Gasteiger partial charge on any atom is 0.218 e. The van der Waals surface area contributed by atoms with Gasteiger partial charge in [-0.3, -0.25) is 0 Å². The fourth-order valence-corrected chi connectivity index (χ4v) is 2.13. The first kappa shape index (κ1) is 18.0. The third-order valence-corrected chi connectivity index (χ3v) is 3.44. The number of aromatic nitrogens is 1. The van der Waals surface area contributed by atoms with Gasteiger partial charge in [0, 0.05) is 23.8 Å². The summed E-state index contributed by atoms with van der Waals surface area (Å²) in [7, 11) is 0. The zero-order chi connectivity index (χ0) is 15.7. The van der Waals surface area contributed by atoms with E-state index in [1.807, 2.05) is 6.07 Å². The Kier molecular flexibility index (Phi) is 7.73. The van der Waals surface area contributed by atoms with Crippen LogP contribution in [0.25, 0.3) is 0 Å². The number of nitrogens with one attached hydrogen (secondary N) is 1. The van der Waals surface area contributed by atoms with Crippen LogP contribution in [0.15, 0.2) is 18.3 Å². The van der Waals surface area contributed by atoms with Crippen LogP contribution in [0.1, 0.15) is 72.3 Å². The Bertz CT molecular complexity index is 398. The molecular weight excluding hydrogens is 260 g/mol. The van der Waals surface area contributed by atoms with Gasteiger partial charge >= 0.3 is 0 Å². The van der Waals surface area contributed by atoms with Crippen LogP contribution in [-0.4, -0.2) is 16.6 Å². The van der Waals surface area contributed by atoms with Gasteiger partial charge in [0.2, 0.25) is 5.88 Å². The highest BCUT2D eigenvalue weighted by Crippen LogP contribution is 2.18. The molecule has 0 aliphatic rings. The summed E-state index contributed by atoms with van der Waals surface area (Å²) in [6.45, 7) is 11.7. The van der Waals surface area contributed by atoms with Crippen LogP contribution in [0.3, 0.4) is 0 Å². The van der Waals surface area contributed by atoms with Crippen molar-refractivity contribution >= 4 is 0 Å². The summed E-state index contributed by atoms with van der Waals surface area (Å²) >= 11 is 0. The monoisotopic (exact) mass is 292 g/mol. The smallest absolute Gasteiger partial charge is 0.218 e. The molecule has 1 aromatic rings. The van der Waals surface area contributed by atoms with E-state index in [9.17, 15) is 0 Å². The summed E-state index contributed by atoms with van der Waals surface area (Å²) in [5, 5.41) is 3.49. The minimum Gasteiger partial charge on any atom is -0.474 e. The Morgan fingerprint density at radius 3 is 2.67 bits per heavy atom. The fraction of sp³-hybridized carbons (Fsp3) is 0.722. The van der Waals surface area contributed by atoms with Gasteiger partial charge < -0.3 is 10.1 Å². The molecule has 1 rings (SSSR count). The van der Waals surface area contributed by atoms with Crippen LogP contribution in [0.5, 0.6) is 5.88 Å². The van der Waals surface area contributed by atoms with E-state index in [0.717, 1.165) is 24.4 Å². The van der Waals surface area contributed by atoms with Crippen LogP contribution in [0.4, 0.5) is 0 Å². The number of hydrogen-bond donors (Lipinski definition) is 1. The largest absolute Gasteiger partial charge is 0.474 e. The van der Waals surface area contributed by atoms with Gasteiger partial charge in [-0.25, -0.2) is 4.98 Å². The second kappa shape index (κ2) is 9.04. The minimum absolute atomic E-state index is 0.0961. The van der Waals surface area contributed by atoms with Gasteiger partial charge in [0.15, 0.2) is 0 Å². The number of nitrogens with zero attached hydrogens (tertiary/aromatic N) is 1. The standard InChI is InChI=1S/C18H32N2O/c1-6-7-8-9-11-15(2)21-17-16(12-10-13-19-17)14-20-18(3,4)5/h10,12-13,15,20H,6-9,11,14H2,1-5H3. The summed E-state index contributed by atoms with van der Waals surface area (Å²) in [6, 6.07) is 4.06. The van der Waals surface area contributed by atoms with Crippen molar-refractivity contribution in [2.45, 2.75) is 84.9 Å². The number of rotatable bonds is 9. The lowest BCUT2D eigenvalue weighted by Crippen LogP contribution is -2.35. The lowest BCUT2D eigenvalue weighted by Gasteiger charge is -2.22. The molecule has 0 saturated heterocycles. The molecule has 3 heteroatoms. The first-order chi connectivity index (χ1) is 9.92. The molecule has 21 heavy (non-hydrogen) atoms. The molecule has 0 bridgehead atoms. The summed E-state index contributed by atoms with van der Waals surface area (Å²) < 4.78 is 6.04. The molecule has 1 aromatic heterocycles. The fourth-order valence-electron chi connectivity index (χ4n) is 2.13. The maximum absolute atomic E-state index is 6.04. The molecule has 0 radical (unpaired) electrons. The Morgan fingerprint density at radius 1 is 1.24 bits per heavy atom. The van der Waals surface area contributed by atoms with Crippen molar-refractivity contribution < 1.29 is 4.74 Å². The Labute approximate surface area is 130 Å². The zero-order valence-corrected chi connectivity index (χ0v) is 14.4. The van der Waals surface area contributed by atoms with Gasteiger partial charge in [0.1, 0.15) is 0 Å². The Hall–Kier alpha value is -1.09. The molecule has 1 unspecified atom stereocenters. The van der Waals surface area contributed by atoms with Gasteiger partial charge in [-0.2, -0.15) is 0 Å². The van der Waals surface area contributed by atoms with Gasteiger partial charge in [0.05, 0.1) is 6.10 Å². The second-order valence-corrected chi connectivity index (χ2v) is 6.85. The van der Waals surface area contributed by atoms with Crippen molar-refractivity contribution in [1.29, 1.82) is 0 Å². The van der Waals surface area contributed by atoms with E-state index in [1.165, 1.54) is 25.7 Å². The van der Waals surface area contributed by atoms with E-state index < -0.39 is 0 Å². The van der Waals surface area contributed by atoms with Crippen molar-refractivity contribution in [3.63, 3.8) is 0 Å². The van der Waals surface area contributed by atoms with Crippen LogP contribution in [0, 0.1) is 0 Å². The van der Waals surface area contributed by atoms with Crippen molar-refractivity contribution in [2.75, 3.05) is 0 Å². The van der Waals surface area contributed by atoms with Crippen LogP contribution >= 0.6 is 0 Å². The average Bonchev–Trinajstić information content (AvgIpc) is 2.42. The van der Waals surface area contributed by atoms with Crippen LogP contribution < -0.4 is 10.1 Å². The molecule has 0 spiro atoms. The molecule has 1 atom stereocenters. The van der Waals surface area contributed by atoms with Crippen molar-refractivity contribution in [2.24, 2.45) is 0 Å². The SMILES string of the molecule is CCCCCCC(C)Oc1ncccc1CNC(C)(C)C. The molecule has 0 amide bonds. The van der Waals surface area contributed by atoms with Gasteiger partial charge in [-0.05, 0) is 46.6 Å². The summed E-state index contributed by atoms with van der Waals surface area (Å²) in [6.07, 6.45) is 8.25. The van der Waals surface area contributed by atoms with Crippen LogP contribution in [0.2, 0.25) is 0 Å².